The summed E-state index contributed by atoms with van der Waals surface area (Å²) in [6.45, 7) is 3.66. The first-order chi connectivity index (χ1) is 13.2. The molecule has 1 unspecified atom stereocenters. The van der Waals surface area contributed by atoms with E-state index < -0.39 is 0 Å². The van der Waals surface area contributed by atoms with E-state index in [9.17, 15) is 4.79 Å². The second kappa shape index (κ2) is 9.70. The number of ether oxygens (including phenoxy) is 2. The van der Waals surface area contributed by atoms with Crippen LogP contribution in [-0.4, -0.2) is 36.8 Å². The molecule has 1 aliphatic heterocycles. The molecule has 1 amide bonds. The van der Waals surface area contributed by atoms with Gasteiger partial charge >= 0.3 is 0 Å². The first-order valence-electron chi connectivity index (χ1n) is 9.52. The minimum atomic E-state index is 0.0494. The van der Waals surface area contributed by atoms with Gasteiger partial charge < -0.3 is 14.4 Å². The molecule has 0 saturated carbocycles. The lowest BCUT2D eigenvalue weighted by Crippen LogP contribution is -2.30. The van der Waals surface area contributed by atoms with Crippen molar-refractivity contribution in [3.63, 3.8) is 0 Å². The van der Waals surface area contributed by atoms with Crippen LogP contribution >= 0.6 is 11.8 Å². The Labute approximate surface area is 165 Å². The summed E-state index contributed by atoms with van der Waals surface area (Å²) >= 11 is 1.80. The van der Waals surface area contributed by atoms with Gasteiger partial charge in [0.2, 0.25) is 0 Å². The van der Waals surface area contributed by atoms with Crippen molar-refractivity contribution in [3.05, 3.63) is 59.7 Å². The first-order valence-corrected chi connectivity index (χ1v) is 10.6. The second-order valence-corrected chi connectivity index (χ2v) is 7.76. The van der Waals surface area contributed by atoms with Gasteiger partial charge in [-0.2, -0.15) is 0 Å². The number of amides is 1. The lowest BCUT2D eigenvalue weighted by atomic mass is 10.1. The molecule has 0 aliphatic carbocycles. The summed E-state index contributed by atoms with van der Waals surface area (Å²) in [6.07, 6.45) is 3.42. The Kier molecular flexibility index (Phi) is 7.04. The summed E-state index contributed by atoms with van der Waals surface area (Å²) in [4.78, 5) is 15.0. The molecular formula is C22H27NO3S. The topological polar surface area (TPSA) is 38.8 Å². The highest BCUT2D eigenvalue weighted by Gasteiger charge is 2.31. The van der Waals surface area contributed by atoms with E-state index in [1.165, 1.54) is 12.8 Å². The molecule has 0 bridgehead atoms. The van der Waals surface area contributed by atoms with Crippen LogP contribution in [0.5, 0.6) is 11.5 Å². The maximum absolute atomic E-state index is 13.0. The molecule has 1 saturated heterocycles. The lowest BCUT2D eigenvalue weighted by Gasteiger charge is -2.24. The highest BCUT2D eigenvalue weighted by molar-refractivity contribution is 7.99. The fourth-order valence-electron chi connectivity index (χ4n) is 3.12. The summed E-state index contributed by atoms with van der Waals surface area (Å²) in [7, 11) is 1.66. The standard InChI is InChI=1S/C22H27NO3S/c1-3-4-5-15-26-20-12-6-17(7-13-20)21(24)23-14-16-27-22(23)18-8-10-19(25-2)11-9-18/h6-13,22H,3-5,14-16H2,1-2H3. The van der Waals surface area contributed by atoms with E-state index in [1.54, 1.807) is 18.9 Å². The van der Waals surface area contributed by atoms with Gasteiger partial charge in [-0.25, -0.2) is 0 Å². The smallest absolute Gasteiger partial charge is 0.255 e. The average molecular weight is 386 g/mol. The number of unbranched alkanes of at least 4 members (excludes halogenated alkanes) is 2. The molecule has 0 N–H and O–H groups in total. The molecule has 4 nitrogen and oxygen atoms in total. The maximum atomic E-state index is 13.0. The number of hydrogen-bond donors (Lipinski definition) is 0. The highest BCUT2D eigenvalue weighted by atomic mass is 32.2. The molecule has 1 atom stereocenters. The van der Waals surface area contributed by atoms with Gasteiger partial charge in [-0.15, -0.1) is 11.8 Å². The van der Waals surface area contributed by atoms with Crippen molar-refractivity contribution in [2.24, 2.45) is 0 Å². The summed E-state index contributed by atoms with van der Waals surface area (Å²) in [5, 5.41) is 0.0494. The third kappa shape index (κ3) is 4.98. The van der Waals surface area contributed by atoms with Crippen molar-refractivity contribution in [1.82, 2.24) is 4.90 Å². The lowest BCUT2D eigenvalue weighted by molar-refractivity contribution is 0.0760. The van der Waals surface area contributed by atoms with Crippen molar-refractivity contribution in [2.45, 2.75) is 31.6 Å². The molecule has 1 heterocycles. The number of rotatable bonds is 8. The largest absolute Gasteiger partial charge is 0.497 e. The van der Waals surface area contributed by atoms with E-state index in [0.29, 0.717) is 5.56 Å². The normalized spacial score (nSPS) is 16.4. The predicted molar refractivity (Wildman–Crippen MR) is 111 cm³/mol. The second-order valence-electron chi connectivity index (χ2n) is 6.57. The Morgan fingerprint density at radius 2 is 1.78 bits per heavy atom. The summed E-state index contributed by atoms with van der Waals surface area (Å²) in [5.41, 5.74) is 1.83. The third-order valence-corrected chi connectivity index (χ3v) is 5.93. The number of carbonyl (C=O) groups is 1. The molecule has 27 heavy (non-hydrogen) atoms. The summed E-state index contributed by atoms with van der Waals surface area (Å²) < 4.78 is 11.0. The fraction of sp³-hybridized carbons (Fsp3) is 0.409. The number of methoxy groups -OCH3 is 1. The van der Waals surface area contributed by atoms with Gasteiger partial charge in [0.05, 0.1) is 13.7 Å². The highest BCUT2D eigenvalue weighted by Crippen LogP contribution is 2.39. The molecule has 2 aromatic carbocycles. The number of thioether (sulfide) groups is 1. The molecular weight excluding hydrogens is 358 g/mol. The van der Waals surface area contributed by atoms with Crippen molar-refractivity contribution in [1.29, 1.82) is 0 Å². The fourth-order valence-corrected chi connectivity index (χ4v) is 4.38. The van der Waals surface area contributed by atoms with Crippen LogP contribution in [0.1, 0.15) is 47.5 Å². The van der Waals surface area contributed by atoms with Crippen LogP contribution < -0.4 is 9.47 Å². The van der Waals surface area contributed by atoms with Crippen LogP contribution in [0.3, 0.4) is 0 Å². The Bertz CT molecular complexity index is 730. The molecule has 1 aliphatic rings. The van der Waals surface area contributed by atoms with Gasteiger partial charge in [0, 0.05) is 17.9 Å². The summed E-state index contributed by atoms with van der Waals surface area (Å²) in [5.74, 6) is 2.67. The third-order valence-electron chi connectivity index (χ3n) is 4.67. The Balaban J connectivity index is 1.65. The monoisotopic (exact) mass is 385 g/mol. The van der Waals surface area contributed by atoms with E-state index >= 15 is 0 Å². The van der Waals surface area contributed by atoms with Crippen molar-refractivity contribution >= 4 is 17.7 Å². The van der Waals surface area contributed by atoms with Crippen LogP contribution in [0, 0.1) is 0 Å². The zero-order valence-corrected chi connectivity index (χ0v) is 16.8. The Hall–Kier alpha value is -2.14. The molecule has 0 aromatic heterocycles. The van der Waals surface area contributed by atoms with Crippen LogP contribution in [0.4, 0.5) is 0 Å². The number of benzene rings is 2. The van der Waals surface area contributed by atoms with Crippen molar-refractivity contribution in [2.75, 3.05) is 26.0 Å². The molecule has 3 rings (SSSR count). The van der Waals surface area contributed by atoms with Crippen LogP contribution in [0.2, 0.25) is 0 Å². The van der Waals surface area contributed by atoms with Gasteiger partial charge in [0.25, 0.3) is 5.91 Å². The molecule has 144 valence electrons. The van der Waals surface area contributed by atoms with E-state index in [0.717, 1.165) is 42.4 Å². The molecule has 0 spiro atoms. The van der Waals surface area contributed by atoms with Crippen LogP contribution in [-0.2, 0) is 0 Å². The Morgan fingerprint density at radius 3 is 2.44 bits per heavy atom. The molecule has 1 fully saturated rings. The van der Waals surface area contributed by atoms with Gasteiger partial charge in [0.15, 0.2) is 0 Å². The molecule has 5 heteroatoms. The van der Waals surface area contributed by atoms with Crippen molar-refractivity contribution < 1.29 is 14.3 Å². The SMILES string of the molecule is CCCCCOc1ccc(C(=O)N2CCSC2c2ccc(OC)cc2)cc1. The van der Waals surface area contributed by atoms with Gasteiger partial charge in [0.1, 0.15) is 16.9 Å². The van der Waals surface area contributed by atoms with Gasteiger partial charge in [-0.05, 0) is 48.4 Å². The minimum Gasteiger partial charge on any atom is -0.497 e. The van der Waals surface area contributed by atoms with E-state index in [1.807, 2.05) is 53.4 Å². The van der Waals surface area contributed by atoms with Gasteiger partial charge in [-0.3, -0.25) is 4.79 Å². The zero-order chi connectivity index (χ0) is 19.1. The zero-order valence-electron chi connectivity index (χ0n) is 16.0. The number of carbonyl (C=O) groups excluding carboxylic acids is 1. The Morgan fingerprint density at radius 1 is 1.07 bits per heavy atom. The molecule has 2 aromatic rings. The summed E-state index contributed by atoms with van der Waals surface area (Å²) in [6, 6.07) is 15.5. The predicted octanol–water partition coefficient (Wildman–Crippen LogP) is 5.15. The van der Waals surface area contributed by atoms with Crippen molar-refractivity contribution in [3.8, 4) is 11.5 Å². The maximum Gasteiger partial charge on any atom is 0.255 e. The van der Waals surface area contributed by atoms with Crippen LogP contribution in [0.25, 0.3) is 0 Å². The van der Waals surface area contributed by atoms with E-state index in [2.05, 4.69) is 6.92 Å². The van der Waals surface area contributed by atoms with E-state index in [4.69, 9.17) is 9.47 Å². The minimum absolute atomic E-state index is 0.0494. The number of nitrogens with zero attached hydrogens (tertiary/aromatic N) is 1. The molecule has 0 radical (unpaired) electrons. The average Bonchev–Trinajstić information content (AvgIpc) is 3.21. The quantitative estimate of drug-likeness (QED) is 0.589. The van der Waals surface area contributed by atoms with Crippen LogP contribution in [0.15, 0.2) is 48.5 Å². The van der Waals surface area contributed by atoms with Gasteiger partial charge in [-0.1, -0.05) is 31.9 Å². The first kappa shape index (κ1) is 19.6. The van der Waals surface area contributed by atoms with E-state index in [-0.39, 0.29) is 11.3 Å². The number of hydrogen-bond acceptors (Lipinski definition) is 4.